The summed E-state index contributed by atoms with van der Waals surface area (Å²) in [5.74, 6) is -0.00212. The molecule has 0 amide bonds. The molecule has 0 bridgehead atoms. The lowest BCUT2D eigenvalue weighted by atomic mass is 10.1. The highest BCUT2D eigenvalue weighted by atomic mass is 16.5. The molecule has 164 valence electrons. The SMILES string of the molecule is CCCCC=CCCCCCCCC(=O)OCCCCCCC=CCCCC. The lowest BCUT2D eigenvalue weighted by Gasteiger charge is -2.05. The van der Waals surface area contributed by atoms with Gasteiger partial charge in [0.2, 0.25) is 0 Å². The molecule has 0 aliphatic heterocycles. The van der Waals surface area contributed by atoms with Gasteiger partial charge in [-0.1, -0.05) is 95.9 Å². The van der Waals surface area contributed by atoms with Crippen LogP contribution in [0.15, 0.2) is 24.3 Å². The molecule has 0 aromatic rings. The molecular weight excluding hydrogens is 344 g/mol. The van der Waals surface area contributed by atoms with Crippen molar-refractivity contribution in [2.45, 2.75) is 129 Å². The van der Waals surface area contributed by atoms with E-state index in [1.165, 1.54) is 89.9 Å². The molecule has 28 heavy (non-hydrogen) atoms. The molecule has 0 atom stereocenters. The van der Waals surface area contributed by atoms with E-state index >= 15 is 0 Å². The smallest absolute Gasteiger partial charge is 0.305 e. The molecule has 0 N–H and O–H groups in total. The maximum absolute atomic E-state index is 11.7. The van der Waals surface area contributed by atoms with Crippen molar-refractivity contribution in [3.63, 3.8) is 0 Å². The fourth-order valence-electron chi connectivity index (χ4n) is 3.15. The van der Waals surface area contributed by atoms with Gasteiger partial charge in [0, 0.05) is 6.42 Å². The summed E-state index contributed by atoms with van der Waals surface area (Å²) in [5, 5.41) is 0. The lowest BCUT2D eigenvalue weighted by molar-refractivity contribution is -0.143. The number of allylic oxidation sites excluding steroid dienone is 4. The van der Waals surface area contributed by atoms with E-state index in [0.717, 1.165) is 19.3 Å². The molecule has 0 spiro atoms. The topological polar surface area (TPSA) is 26.3 Å². The second-order valence-electron chi connectivity index (χ2n) is 7.96. The minimum absolute atomic E-state index is 0.00212. The van der Waals surface area contributed by atoms with E-state index in [9.17, 15) is 4.79 Å². The van der Waals surface area contributed by atoms with E-state index in [2.05, 4.69) is 38.2 Å². The minimum Gasteiger partial charge on any atom is -0.466 e. The molecule has 2 heteroatoms. The number of ether oxygens (including phenoxy) is 1. The maximum Gasteiger partial charge on any atom is 0.305 e. The lowest BCUT2D eigenvalue weighted by Crippen LogP contribution is -2.05. The van der Waals surface area contributed by atoms with E-state index in [4.69, 9.17) is 4.74 Å². The second kappa shape index (κ2) is 24.0. The van der Waals surface area contributed by atoms with E-state index in [0.29, 0.717) is 13.0 Å². The summed E-state index contributed by atoms with van der Waals surface area (Å²) in [5.41, 5.74) is 0. The first-order chi connectivity index (χ1) is 13.8. The summed E-state index contributed by atoms with van der Waals surface area (Å²) in [6.07, 6.45) is 30.5. The summed E-state index contributed by atoms with van der Waals surface area (Å²) >= 11 is 0. The van der Waals surface area contributed by atoms with Gasteiger partial charge in [-0.25, -0.2) is 0 Å². The monoisotopic (exact) mass is 392 g/mol. The highest BCUT2D eigenvalue weighted by Crippen LogP contribution is 2.09. The molecule has 0 fully saturated rings. The Morgan fingerprint density at radius 3 is 1.54 bits per heavy atom. The molecule has 0 saturated carbocycles. The van der Waals surface area contributed by atoms with Gasteiger partial charge in [0.25, 0.3) is 0 Å². The molecule has 0 aliphatic carbocycles. The van der Waals surface area contributed by atoms with Crippen LogP contribution >= 0.6 is 0 Å². The van der Waals surface area contributed by atoms with Gasteiger partial charge in [0.05, 0.1) is 6.61 Å². The molecule has 0 aromatic carbocycles. The quantitative estimate of drug-likeness (QED) is 0.111. The Bertz CT molecular complexity index is 337. The van der Waals surface area contributed by atoms with E-state index in [-0.39, 0.29) is 5.97 Å². The summed E-state index contributed by atoms with van der Waals surface area (Å²) < 4.78 is 5.34. The predicted octanol–water partition coefficient (Wildman–Crippen LogP) is 8.70. The fourth-order valence-corrected chi connectivity index (χ4v) is 3.15. The van der Waals surface area contributed by atoms with Gasteiger partial charge in [-0.05, 0) is 51.4 Å². The number of rotatable bonds is 21. The molecule has 2 nitrogen and oxygen atoms in total. The highest BCUT2D eigenvalue weighted by Gasteiger charge is 2.02. The average Bonchev–Trinajstić information content (AvgIpc) is 2.70. The molecular formula is C26H48O2. The number of esters is 1. The van der Waals surface area contributed by atoms with Crippen LogP contribution in [0.4, 0.5) is 0 Å². The van der Waals surface area contributed by atoms with Gasteiger partial charge in [-0.15, -0.1) is 0 Å². The average molecular weight is 393 g/mol. The van der Waals surface area contributed by atoms with Gasteiger partial charge < -0.3 is 4.74 Å². The van der Waals surface area contributed by atoms with Gasteiger partial charge in [0.1, 0.15) is 0 Å². The van der Waals surface area contributed by atoms with Crippen molar-refractivity contribution in [2.24, 2.45) is 0 Å². The third kappa shape index (κ3) is 23.0. The second-order valence-corrected chi connectivity index (χ2v) is 7.96. The zero-order valence-electron chi connectivity index (χ0n) is 19.1. The van der Waals surface area contributed by atoms with Crippen molar-refractivity contribution in [1.29, 1.82) is 0 Å². The predicted molar refractivity (Wildman–Crippen MR) is 124 cm³/mol. The first-order valence-electron chi connectivity index (χ1n) is 12.3. The van der Waals surface area contributed by atoms with Gasteiger partial charge in [-0.3, -0.25) is 4.79 Å². The van der Waals surface area contributed by atoms with Crippen LogP contribution in [-0.4, -0.2) is 12.6 Å². The van der Waals surface area contributed by atoms with Crippen LogP contribution in [0, 0.1) is 0 Å². The van der Waals surface area contributed by atoms with E-state index in [1.54, 1.807) is 0 Å². The normalized spacial score (nSPS) is 11.6. The zero-order chi connectivity index (χ0) is 20.5. The molecule has 0 heterocycles. The van der Waals surface area contributed by atoms with Crippen molar-refractivity contribution < 1.29 is 9.53 Å². The first-order valence-corrected chi connectivity index (χ1v) is 12.3. The van der Waals surface area contributed by atoms with E-state index < -0.39 is 0 Å². The number of carbonyl (C=O) groups excluding carboxylic acids is 1. The Labute approximate surface area is 176 Å². The van der Waals surface area contributed by atoms with E-state index in [1.807, 2.05) is 0 Å². The Hall–Kier alpha value is -1.05. The highest BCUT2D eigenvalue weighted by molar-refractivity contribution is 5.69. The number of carbonyl (C=O) groups is 1. The van der Waals surface area contributed by atoms with Crippen LogP contribution in [0.25, 0.3) is 0 Å². The molecule has 0 aromatic heterocycles. The van der Waals surface area contributed by atoms with Crippen molar-refractivity contribution in [3.05, 3.63) is 24.3 Å². The zero-order valence-corrected chi connectivity index (χ0v) is 19.1. The molecule has 0 unspecified atom stereocenters. The van der Waals surface area contributed by atoms with Gasteiger partial charge in [0.15, 0.2) is 0 Å². The van der Waals surface area contributed by atoms with Crippen LogP contribution in [0.1, 0.15) is 129 Å². The van der Waals surface area contributed by atoms with Crippen LogP contribution in [0.2, 0.25) is 0 Å². The van der Waals surface area contributed by atoms with Crippen LogP contribution < -0.4 is 0 Å². The largest absolute Gasteiger partial charge is 0.466 e. The maximum atomic E-state index is 11.7. The third-order valence-corrected chi connectivity index (χ3v) is 5.06. The summed E-state index contributed by atoms with van der Waals surface area (Å²) in [6.45, 7) is 5.08. The van der Waals surface area contributed by atoms with Crippen LogP contribution in [0.3, 0.4) is 0 Å². The Morgan fingerprint density at radius 2 is 1.00 bits per heavy atom. The minimum atomic E-state index is -0.00212. The third-order valence-electron chi connectivity index (χ3n) is 5.06. The Kier molecular flexibility index (Phi) is 23.1. The van der Waals surface area contributed by atoms with Crippen LogP contribution in [0.5, 0.6) is 0 Å². The first kappa shape index (κ1) is 27.0. The number of hydrogen-bond donors (Lipinski definition) is 0. The summed E-state index contributed by atoms with van der Waals surface area (Å²) in [7, 11) is 0. The Balaban J connectivity index is 3.23. The van der Waals surface area contributed by atoms with Crippen molar-refractivity contribution in [3.8, 4) is 0 Å². The number of hydrogen-bond acceptors (Lipinski definition) is 2. The summed E-state index contributed by atoms with van der Waals surface area (Å²) in [4.78, 5) is 11.7. The molecule has 0 saturated heterocycles. The van der Waals surface area contributed by atoms with Crippen molar-refractivity contribution >= 4 is 5.97 Å². The van der Waals surface area contributed by atoms with Crippen molar-refractivity contribution in [1.82, 2.24) is 0 Å². The molecule has 0 aliphatic rings. The molecule has 0 radical (unpaired) electrons. The molecule has 0 rings (SSSR count). The number of unbranched alkanes of at least 4 members (excludes halogenated alkanes) is 13. The summed E-state index contributed by atoms with van der Waals surface area (Å²) in [6, 6.07) is 0. The van der Waals surface area contributed by atoms with Gasteiger partial charge in [-0.2, -0.15) is 0 Å². The fraction of sp³-hybridized carbons (Fsp3) is 0.808. The standard InChI is InChI=1S/C26H48O2/c1-3-5-7-9-11-13-15-16-18-20-22-24-26(27)28-25-23-21-19-17-14-12-10-8-6-4-2/h9-12H,3-8,13-25H2,1-2H3. The van der Waals surface area contributed by atoms with Crippen molar-refractivity contribution in [2.75, 3.05) is 6.61 Å². The van der Waals surface area contributed by atoms with Gasteiger partial charge >= 0.3 is 5.97 Å². The Morgan fingerprint density at radius 1 is 0.571 bits per heavy atom. The van der Waals surface area contributed by atoms with Crippen LogP contribution in [-0.2, 0) is 9.53 Å².